The van der Waals surface area contributed by atoms with Crippen LogP contribution < -0.4 is 11.1 Å². The number of aromatic nitrogens is 2. The summed E-state index contributed by atoms with van der Waals surface area (Å²) >= 11 is 1.61. The minimum atomic E-state index is 0.710. The van der Waals surface area contributed by atoms with E-state index >= 15 is 0 Å². The molecule has 78 valence electrons. The number of pyridine rings is 1. The first kappa shape index (κ1) is 9.92. The predicted molar refractivity (Wildman–Crippen MR) is 62.8 cm³/mol. The molecule has 15 heavy (non-hydrogen) atoms. The number of aryl methyl sites for hydroxylation is 1. The van der Waals surface area contributed by atoms with Crippen molar-refractivity contribution in [1.82, 2.24) is 9.97 Å². The Labute approximate surface area is 92.2 Å². The highest BCUT2D eigenvalue weighted by Crippen LogP contribution is 2.19. The zero-order valence-corrected chi connectivity index (χ0v) is 9.21. The van der Waals surface area contributed by atoms with E-state index in [1.807, 2.05) is 24.7 Å². The lowest BCUT2D eigenvalue weighted by molar-refractivity contribution is 1.13. The fourth-order valence-corrected chi connectivity index (χ4v) is 1.75. The van der Waals surface area contributed by atoms with Gasteiger partial charge in [0, 0.05) is 17.3 Å². The van der Waals surface area contributed by atoms with E-state index in [-0.39, 0.29) is 0 Å². The highest BCUT2D eigenvalue weighted by atomic mass is 32.1. The van der Waals surface area contributed by atoms with Gasteiger partial charge < -0.3 is 11.1 Å². The Kier molecular flexibility index (Phi) is 2.82. The van der Waals surface area contributed by atoms with Crippen molar-refractivity contribution in [3.8, 4) is 0 Å². The summed E-state index contributed by atoms with van der Waals surface area (Å²) in [6.45, 7) is 2.68. The highest BCUT2D eigenvalue weighted by Gasteiger charge is 2.02. The molecule has 0 aliphatic heterocycles. The van der Waals surface area contributed by atoms with E-state index in [1.165, 1.54) is 0 Å². The second kappa shape index (κ2) is 4.27. The van der Waals surface area contributed by atoms with Crippen molar-refractivity contribution in [1.29, 1.82) is 0 Å². The minimum absolute atomic E-state index is 0.710. The predicted octanol–water partition coefficient (Wildman–Crippen LogP) is 2.04. The van der Waals surface area contributed by atoms with Crippen LogP contribution in [-0.2, 0) is 6.54 Å². The SMILES string of the molecule is Cc1ccnc(NCc2cncs2)c1N. The van der Waals surface area contributed by atoms with Crippen LogP contribution in [0.4, 0.5) is 11.5 Å². The van der Waals surface area contributed by atoms with Crippen molar-refractivity contribution in [3.63, 3.8) is 0 Å². The normalized spacial score (nSPS) is 10.2. The molecule has 0 aliphatic rings. The molecule has 0 saturated carbocycles. The average Bonchev–Trinajstić information content (AvgIpc) is 2.73. The third-order valence-electron chi connectivity index (χ3n) is 2.12. The maximum Gasteiger partial charge on any atom is 0.149 e. The molecule has 2 rings (SSSR count). The van der Waals surface area contributed by atoms with Gasteiger partial charge in [-0.05, 0) is 18.6 Å². The van der Waals surface area contributed by atoms with E-state index in [2.05, 4.69) is 15.3 Å². The van der Waals surface area contributed by atoms with E-state index in [0.717, 1.165) is 16.3 Å². The summed E-state index contributed by atoms with van der Waals surface area (Å²) in [6, 6.07) is 1.90. The van der Waals surface area contributed by atoms with Gasteiger partial charge in [-0.15, -0.1) is 11.3 Å². The summed E-state index contributed by atoms with van der Waals surface area (Å²) in [7, 11) is 0. The fourth-order valence-electron chi connectivity index (χ4n) is 1.21. The van der Waals surface area contributed by atoms with Gasteiger partial charge in [-0.2, -0.15) is 0 Å². The molecular weight excluding hydrogens is 208 g/mol. The maximum atomic E-state index is 5.88. The molecule has 0 bridgehead atoms. The zero-order valence-electron chi connectivity index (χ0n) is 8.40. The number of hydrogen-bond donors (Lipinski definition) is 2. The average molecular weight is 220 g/mol. The summed E-state index contributed by atoms with van der Waals surface area (Å²) in [6.07, 6.45) is 3.59. The van der Waals surface area contributed by atoms with E-state index in [0.29, 0.717) is 12.2 Å². The number of rotatable bonds is 3. The Hall–Kier alpha value is -1.62. The number of nitrogens with zero attached hydrogens (tertiary/aromatic N) is 2. The number of thiazole rings is 1. The van der Waals surface area contributed by atoms with Gasteiger partial charge >= 0.3 is 0 Å². The second-order valence-electron chi connectivity index (χ2n) is 3.21. The number of nitrogens with two attached hydrogens (primary N) is 1. The third kappa shape index (κ3) is 2.24. The fraction of sp³-hybridized carbons (Fsp3) is 0.200. The molecule has 0 spiro atoms. The molecule has 2 heterocycles. The molecule has 0 amide bonds. The highest BCUT2D eigenvalue weighted by molar-refractivity contribution is 7.09. The van der Waals surface area contributed by atoms with Crippen LogP contribution in [0.1, 0.15) is 10.4 Å². The number of hydrogen-bond acceptors (Lipinski definition) is 5. The number of nitrogen functional groups attached to an aromatic ring is 1. The maximum absolute atomic E-state index is 5.88. The Morgan fingerprint density at radius 2 is 2.40 bits per heavy atom. The van der Waals surface area contributed by atoms with Crippen molar-refractivity contribution in [3.05, 3.63) is 34.4 Å². The summed E-state index contributed by atoms with van der Waals surface area (Å²) in [5.74, 6) is 0.739. The molecule has 0 saturated heterocycles. The van der Waals surface area contributed by atoms with Crippen LogP contribution in [0.15, 0.2) is 24.0 Å². The van der Waals surface area contributed by atoms with Crippen molar-refractivity contribution in [2.24, 2.45) is 0 Å². The van der Waals surface area contributed by atoms with Crippen LogP contribution in [0.25, 0.3) is 0 Å². The molecule has 0 radical (unpaired) electrons. The van der Waals surface area contributed by atoms with Gasteiger partial charge in [-0.1, -0.05) is 0 Å². The topological polar surface area (TPSA) is 63.8 Å². The lowest BCUT2D eigenvalue weighted by Gasteiger charge is -2.08. The summed E-state index contributed by atoms with van der Waals surface area (Å²) in [5.41, 5.74) is 9.44. The van der Waals surface area contributed by atoms with Gasteiger partial charge in [0.05, 0.1) is 17.7 Å². The lowest BCUT2D eigenvalue weighted by Crippen LogP contribution is -2.04. The smallest absolute Gasteiger partial charge is 0.149 e. The summed E-state index contributed by atoms with van der Waals surface area (Å²) in [5, 5.41) is 3.19. The lowest BCUT2D eigenvalue weighted by atomic mass is 10.2. The molecule has 0 fully saturated rings. The van der Waals surface area contributed by atoms with Crippen LogP contribution in [0, 0.1) is 6.92 Å². The van der Waals surface area contributed by atoms with Crippen LogP contribution in [0.2, 0.25) is 0 Å². The first-order valence-corrected chi connectivity index (χ1v) is 5.47. The van der Waals surface area contributed by atoms with Crippen LogP contribution in [0.5, 0.6) is 0 Å². The Morgan fingerprint density at radius 1 is 1.53 bits per heavy atom. The van der Waals surface area contributed by atoms with Gasteiger partial charge in [-0.25, -0.2) is 4.98 Å². The van der Waals surface area contributed by atoms with Crippen LogP contribution in [0.3, 0.4) is 0 Å². The number of anilines is 2. The second-order valence-corrected chi connectivity index (χ2v) is 4.18. The van der Waals surface area contributed by atoms with Crippen molar-refractivity contribution in [2.75, 3.05) is 11.1 Å². The number of nitrogens with one attached hydrogen (secondary N) is 1. The molecule has 0 aliphatic carbocycles. The Balaban J connectivity index is 2.08. The van der Waals surface area contributed by atoms with Gasteiger partial charge in [0.2, 0.25) is 0 Å². The van der Waals surface area contributed by atoms with Crippen molar-refractivity contribution < 1.29 is 0 Å². The van der Waals surface area contributed by atoms with E-state index in [9.17, 15) is 0 Å². The molecule has 0 aromatic carbocycles. The minimum Gasteiger partial charge on any atom is -0.396 e. The molecule has 2 aromatic heterocycles. The quantitative estimate of drug-likeness (QED) is 0.830. The molecule has 3 N–H and O–H groups in total. The molecule has 5 heteroatoms. The molecule has 0 unspecified atom stereocenters. The first-order chi connectivity index (χ1) is 7.27. The monoisotopic (exact) mass is 220 g/mol. The van der Waals surface area contributed by atoms with Gasteiger partial charge in [0.15, 0.2) is 0 Å². The van der Waals surface area contributed by atoms with E-state index in [4.69, 9.17) is 5.73 Å². The van der Waals surface area contributed by atoms with Crippen LogP contribution >= 0.6 is 11.3 Å². The van der Waals surface area contributed by atoms with Gasteiger partial charge in [0.1, 0.15) is 5.82 Å². The molecular formula is C10H12N4S. The zero-order chi connectivity index (χ0) is 10.7. The van der Waals surface area contributed by atoms with Gasteiger partial charge in [0.25, 0.3) is 0 Å². The summed E-state index contributed by atoms with van der Waals surface area (Å²) in [4.78, 5) is 9.35. The van der Waals surface area contributed by atoms with E-state index < -0.39 is 0 Å². The molecule has 2 aromatic rings. The van der Waals surface area contributed by atoms with Gasteiger partial charge in [-0.3, -0.25) is 4.98 Å². The van der Waals surface area contributed by atoms with Crippen molar-refractivity contribution in [2.45, 2.75) is 13.5 Å². The Morgan fingerprint density at radius 3 is 3.13 bits per heavy atom. The van der Waals surface area contributed by atoms with E-state index in [1.54, 1.807) is 17.5 Å². The first-order valence-electron chi connectivity index (χ1n) is 4.59. The summed E-state index contributed by atoms with van der Waals surface area (Å²) < 4.78 is 0. The third-order valence-corrected chi connectivity index (χ3v) is 2.90. The van der Waals surface area contributed by atoms with Crippen molar-refractivity contribution >= 4 is 22.8 Å². The standard InChI is InChI=1S/C10H12N4S/c1-7-2-3-13-10(9(7)11)14-5-8-4-12-6-15-8/h2-4,6H,5,11H2,1H3,(H,13,14). The Bertz CT molecular complexity index is 439. The largest absolute Gasteiger partial charge is 0.396 e. The van der Waals surface area contributed by atoms with Crippen LogP contribution in [-0.4, -0.2) is 9.97 Å². The molecule has 4 nitrogen and oxygen atoms in total. The molecule has 0 atom stereocenters.